The van der Waals surface area contributed by atoms with Gasteiger partial charge in [0.2, 0.25) is 0 Å². The standard InChI is InChI=1S/C10H13ClN2O/c1-7-9(11)8(3-4-12-7)13-5-10(2,14)6-13/h3-4,14H,5-6H2,1-2H3. The molecule has 1 fully saturated rings. The summed E-state index contributed by atoms with van der Waals surface area (Å²) in [5, 5.41) is 10.3. The zero-order valence-electron chi connectivity index (χ0n) is 8.29. The van der Waals surface area contributed by atoms with Crippen LogP contribution in [0.15, 0.2) is 12.3 Å². The van der Waals surface area contributed by atoms with Crippen molar-refractivity contribution in [3.8, 4) is 0 Å². The first kappa shape index (κ1) is 9.74. The maximum atomic E-state index is 9.60. The topological polar surface area (TPSA) is 36.4 Å². The van der Waals surface area contributed by atoms with Crippen LogP contribution in [0.25, 0.3) is 0 Å². The molecule has 1 saturated heterocycles. The van der Waals surface area contributed by atoms with E-state index in [0.29, 0.717) is 18.1 Å². The molecule has 1 aromatic rings. The van der Waals surface area contributed by atoms with Gasteiger partial charge >= 0.3 is 0 Å². The van der Waals surface area contributed by atoms with E-state index in [1.54, 1.807) is 6.20 Å². The monoisotopic (exact) mass is 212 g/mol. The minimum absolute atomic E-state index is 0.569. The summed E-state index contributed by atoms with van der Waals surface area (Å²) >= 11 is 6.11. The average molecular weight is 213 g/mol. The summed E-state index contributed by atoms with van der Waals surface area (Å²) < 4.78 is 0. The number of hydrogen-bond acceptors (Lipinski definition) is 3. The highest BCUT2D eigenvalue weighted by molar-refractivity contribution is 6.33. The Kier molecular flexibility index (Phi) is 2.16. The van der Waals surface area contributed by atoms with E-state index in [0.717, 1.165) is 11.4 Å². The fourth-order valence-corrected chi connectivity index (χ4v) is 1.96. The van der Waals surface area contributed by atoms with E-state index in [4.69, 9.17) is 11.6 Å². The highest BCUT2D eigenvalue weighted by atomic mass is 35.5. The summed E-state index contributed by atoms with van der Waals surface area (Å²) in [5.41, 5.74) is 1.22. The van der Waals surface area contributed by atoms with Gasteiger partial charge in [-0.3, -0.25) is 4.98 Å². The molecule has 14 heavy (non-hydrogen) atoms. The lowest BCUT2D eigenvalue weighted by atomic mass is 9.96. The number of nitrogens with zero attached hydrogens (tertiary/aromatic N) is 2. The lowest BCUT2D eigenvalue weighted by molar-refractivity contribution is 0.0310. The molecule has 1 aromatic heterocycles. The Morgan fingerprint density at radius 1 is 1.57 bits per heavy atom. The van der Waals surface area contributed by atoms with E-state index in [9.17, 15) is 5.11 Å². The van der Waals surface area contributed by atoms with Crippen LogP contribution >= 0.6 is 11.6 Å². The van der Waals surface area contributed by atoms with Crippen LogP contribution in [0.4, 0.5) is 5.69 Å². The van der Waals surface area contributed by atoms with Gasteiger partial charge in [0.05, 0.1) is 22.0 Å². The molecule has 0 aromatic carbocycles. The van der Waals surface area contributed by atoms with Crippen molar-refractivity contribution in [3.05, 3.63) is 23.0 Å². The minimum atomic E-state index is -0.569. The van der Waals surface area contributed by atoms with Gasteiger partial charge in [0, 0.05) is 19.3 Å². The van der Waals surface area contributed by atoms with Crippen molar-refractivity contribution in [1.82, 2.24) is 4.98 Å². The van der Waals surface area contributed by atoms with Crippen LogP contribution in [0.1, 0.15) is 12.6 Å². The quantitative estimate of drug-likeness (QED) is 0.769. The second-order valence-electron chi connectivity index (χ2n) is 4.08. The third-order valence-corrected chi connectivity index (χ3v) is 2.91. The molecular formula is C10H13ClN2O. The normalized spacial score (nSPS) is 19.3. The molecule has 1 aliphatic heterocycles. The first-order valence-corrected chi connectivity index (χ1v) is 4.96. The number of β-amino-alcohol motifs (C(OH)–C–C–N with tert-alkyl or cyclic N) is 1. The number of halogens is 1. The van der Waals surface area contributed by atoms with Gasteiger partial charge in [-0.15, -0.1) is 0 Å². The SMILES string of the molecule is Cc1nccc(N2CC(C)(O)C2)c1Cl. The lowest BCUT2D eigenvalue weighted by Crippen LogP contribution is -2.60. The smallest absolute Gasteiger partial charge is 0.0967 e. The number of pyridine rings is 1. The van der Waals surface area contributed by atoms with Crippen molar-refractivity contribution in [2.24, 2.45) is 0 Å². The highest BCUT2D eigenvalue weighted by Gasteiger charge is 2.37. The van der Waals surface area contributed by atoms with Gasteiger partial charge in [-0.2, -0.15) is 0 Å². The predicted octanol–water partition coefficient (Wildman–Crippen LogP) is 1.61. The zero-order valence-corrected chi connectivity index (χ0v) is 9.04. The first-order chi connectivity index (χ1) is 6.49. The van der Waals surface area contributed by atoms with Crippen LogP contribution in [0.3, 0.4) is 0 Å². The molecule has 0 aliphatic carbocycles. The van der Waals surface area contributed by atoms with Gasteiger partial charge in [-0.1, -0.05) is 11.6 Å². The summed E-state index contributed by atoms with van der Waals surface area (Å²) in [6, 6.07) is 1.88. The van der Waals surface area contributed by atoms with Crippen molar-refractivity contribution in [2.75, 3.05) is 18.0 Å². The molecule has 76 valence electrons. The van der Waals surface area contributed by atoms with E-state index in [-0.39, 0.29) is 0 Å². The van der Waals surface area contributed by atoms with Crippen LogP contribution in [0.2, 0.25) is 5.02 Å². The van der Waals surface area contributed by atoms with Crippen LogP contribution in [0.5, 0.6) is 0 Å². The second kappa shape index (κ2) is 3.11. The molecule has 4 heteroatoms. The van der Waals surface area contributed by atoms with E-state index in [2.05, 4.69) is 9.88 Å². The average Bonchev–Trinajstić information content (AvgIpc) is 2.06. The third kappa shape index (κ3) is 1.57. The Morgan fingerprint density at radius 3 is 2.79 bits per heavy atom. The lowest BCUT2D eigenvalue weighted by Gasteiger charge is -2.46. The van der Waals surface area contributed by atoms with Crippen LogP contribution < -0.4 is 4.90 Å². The van der Waals surface area contributed by atoms with E-state index in [1.165, 1.54) is 0 Å². The van der Waals surface area contributed by atoms with Crippen LogP contribution in [-0.2, 0) is 0 Å². The molecule has 1 N–H and O–H groups in total. The molecule has 0 saturated carbocycles. The van der Waals surface area contributed by atoms with Crippen molar-refractivity contribution < 1.29 is 5.11 Å². The number of aliphatic hydroxyl groups is 1. The molecule has 2 heterocycles. The Morgan fingerprint density at radius 2 is 2.21 bits per heavy atom. The van der Waals surface area contributed by atoms with Gasteiger partial charge in [0.15, 0.2) is 0 Å². The summed E-state index contributed by atoms with van der Waals surface area (Å²) in [4.78, 5) is 6.15. The maximum absolute atomic E-state index is 9.60. The molecule has 0 amide bonds. The Labute approximate surface area is 88.3 Å². The van der Waals surface area contributed by atoms with E-state index in [1.807, 2.05) is 19.9 Å². The van der Waals surface area contributed by atoms with Crippen molar-refractivity contribution >= 4 is 17.3 Å². The predicted molar refractivity (Wildman–Crippen MR) is 56.8 cm³/mol. The molecule has 0 radical (unpaired) electrons. The fourth-order valence-electron chi connectivity index (χ4n) is 1.73. The summed E-state index contributed by atoms with van der Waals surface area (Å²) in [7, 11) is 0. The summed E-state index contributed by atoms with van der Waals surface area (Å²) in [6.45, 7) is 4.97. The maximum Gasteiger partial charge on any atom is 0.0967 e. The van der Waals surface area contributed by atoms with Gasteiger partial charge in [-0.05, 0) is 19.9 Å². The van der Waals surface area contributed by atoms with E-state index < -0.39 is 5.60 Å². The van der Waals surface area contributed by atoms with Crippen molar-refractivity contribution in [1.29, 1.82) is 0 Å². The van der Waals surface area contributed by atoms with Gasteiger partial charge in [0.25, 0.3) is 0 Å². The molecule has 0 unspecified atom stereocenters. The summed E-state index contributed by atoms with van der Waals surface area (Å²) in [5.74, 6) is 0. The number of anilines is 1. The molecule has 0 bridgehead atoms. The summed E-state index contributed by atoms with van der Waals surface area (Å²) in [6.07, 6.45) is 1.74. The van der Waals surface area contributed by atoms with Gasteiger partial charge in [-0.25, -0.2) is 0 Å². The number of hydrogen-bond donors (Lipinski definition) is 1. The van der Waals surface area contributed by atoms with Gasteiger partial charge in [0.1, 0.15) is 0 Å². The number of rotatable bonds is 1. The minimum Gasteiger partial charge on any atom is -0.386 e. The first-order valence-electron chi connectivity index (χ1n) is 4.58. The third-order valence-electron chi connectivity index (χ3n) is 2.45. The van der Waals surface area contributed by atoms with E-state index >= 15 is 0 Å². The fraction of sp³-hybridized carbons (Fsp3) is 0.500. The molecule has 0 atom stereocenters. The Hall–Kier alpha value is -0.800. The second-order valence-corrected chi connectivity index (χ2v) is 4.46. The zero-order chi connectivity index (χ0) is 10.3. The largest absolute Gasteiger partial charge is 0.386 e. The Balaban J connectivity index is 2.23. The van der Waals surface area contributed by atoms with Crippen LogP contribution in [0, 0.1) is 6.92 Å². The number of aryl methyl sites for hydroxylation is 1. The highest BCUT2D eigenvalue weighted by Crippen LogP contribution is 2.33. The molecule has 0 spiro atoms. The Bertz CT molecular complexity index is 357. The molecule has 2 rings (SSSR count). The van der Waals surface area contributed by atoms with Crippen molar-refractivity contribution in [3.63, 3.8) is 0 Å². The number of aromatic nitrogens is 1. The molecule has 3 nitrogen and oxygen atoms in total. The molecular weight excluding hydrogens is 200 g/mol. The van der Waals surface area contributed by atoms with Crippen LogP contribution in [-0.4, -0.2) is 28.8 Å². The molecule has 1 aliphatic rings. The van der Waals surface area contributed by atoms with Crippen molar-refractivity contribution in [2.45, 2.75) is 19.4 Å². The van der Waals surface area contributed by atoms with Gasteiger partial charge < -0.3 is 10.0 Å².